The van der Waals surface area contributed by atoms with E-state index in [2.05, 4.69) is 24.8 Å². The molecule has 0 radical (unpaired) electrons. The van der Waals surface area contributed by atoms with E-state index in [-0.39, 0.29) is 29.2 Å². The minimum Gasteiger partial charge on any atom is -0.422 e. The van der Waals surface area contributed by atoms with E-state index < -0.39 is 26.4 Å². The van der Waals surface area contributed by atoms with E-state index in [0.29, 0.717) is 24.2 Å². The van der Waals surface area contributed by atoms with Crippen LogP contribution in [-0.4, -0.2) is 87.6 Å². The predicted octanol–water partition coefficient (Wildman–Crippen LogP) is 2.09. The Kier molecular flexibility index (Phi) is 7.89. The Balaban J connectivity index is 1.39. The number of benzene rings is 2. The second kappa shape index (κ2) is 11.2. The van der Waals surface area contributed by atoms with Crippen LogP contribution in [0.5, 0.6) is 0 Å². The first kappa shape index (κ1) is 27.5. The molecule has 206 valence electrons. The summed E-state index contributed by atoms with van der Waals surface area (Å²) in [5, 5.41) is 6.61. The molecule has 0 bridgehead atoms. The van der Waals surface area contributed by atoms with Crippen molar-refractivity contribution < 1.29 is 26.4 Å². The maximum absolute atomic E-state index is 12.9. The molecule has 1 aliphatic rings. The van der Waals surface area contributed by atoms with Crippen LogP contribution in [0.15, 0.2) is 46.9 Å². The molecule has 1 amide bonds. The van der Waals surface area contributed by atoms with Gasteiger partial charge in [-0.25, -0.2) is 22.3 Å². The third-order valence-electron chi connectivity index (χ3n) is 6.37. The van der Waals surface area contributed by atoms with Gasteiger partial charge in [-0.1, -0.05) is 18.2 Å². The van der Waals surface area contributed by atoms with Gasteiger partial charge in [0.25, 0.3) is 5.91 Å². The second-order valence-electron chi connectivity index (χ2n) is 9.22. The van der Waals surface area contributed by atoms with Gasteiger partial charge in [-0.15, -0.1) is 21.5 Å². The lowest BCUT2D eigenvalue weighted by atomic mass is 10.0. The average molecular weight is 591 g/mol. The van der Waals surface area contributed by atoms with Crippen LogP contribution >= 0.6 is 11.3 Å². The number of amides is 1. The summed E-state index contributed by atoms with van der Waals surface area (Å²) in [5.74, 6) is -0.175. The predicted molar refractivity (Wildman–Crippen MR) is 147 cm³/mol. The Morgan fingerprint density at radius 3 is 2.49 bits per heavy atom. The zero-order chi connectivity index (χ0) is 27.7. The number of thiazole rings is 1. The number of nitrogens with one attached hydrogen (secondary N) is 1. The summed E-state index contributed by atoms with van der Waals surface area (Å²) in [5.41, 5.74) is 3.07. The van der Waals surface area contributed by atoms with Gasteiger partial charge in [0, 0.05) is 38.0 Å². The number of aromatic nitrogens is 3. The maximum atomic E-state index is 12.9. The normalized spacial score (nSPS) is 16.4. The summed E-state index contributed by atoms with van der Waals surface area (Å²) < 4.78 is 53.5. The zero-order valence-electron chi connectivity index (χ0n) is 21.1. The van der Waals surface area contributed by atoms with E-state index in [0.717, 1.165) is 35.2 Å². The molecule has 1 aliphatic heterocycles. The molecule has 2 unspecified atom stereocenters. The number of rotatable bonds is 8. The van der Waals surface area contributed by atoms with Gasteiger partial charge in [0.05, 0.1) is 16.8 Å². The van der Waals surface area contributed by atoms with E-state index in [1.807, 2.05) is 54.4 Å². The quantitative estimate of drug-likeness (QED) is 0.291. The Bertz CT molecular complexity index is 1630. The SMILES string of the molecule is CN1CCN(C(=O)c2ccc(-c3ccc4nc(C(c5nnc(CNS(=O)O)o5)S(C)(=O)=O)sc4c3)cc2)CC1. The summed E-state index contributed by atoms with van der Waals surface area (Å²) >= 11 is -1.08. The van der Waals surface area contributed by atoms with Crippen LogP contribution < -0.4 is 4.72 Å². The summed E-state index contributed by atoms with van der Waals surface area (Å²) in [7, 11) is -1.69. The highest BCUT2D eigenvalue weighted by Gasteiger charge is 2.34. The van der Waals surface area contributed by atoms with E-state index in [1.54, 1.807) is 0 Å². The largest absolute Gasteiger partial charge is 0.422 e. The molecule has 1 saturated heterocycles. The molecule has 2 N–H and O–H groups in total. The topological polar surface area (TPSA) is 159 Å². The highest BCUT2D eigenvalue weighted by atomic mass is 32.2. The lowest BCUT2D eigenvalue weighted by Gasteiger charge is -2.32. The van der Waals surface area contributed by atoms with Crippen molar-refractivity contribution in [1.29, 1.82) is 0 Å². The number of sulfone groups is 1. The fourth-order valence-corrected chi connectivity index (χ4v) is 7.05. The lowest BCUT2D eigenvalue weighted by molar-refractivity contribution is 0.0664. The number of hydrogen-bond acceptors (Lipinski definition) is 10. The van der Waals surface area contributed by atoms with Gasteiger partial charge in [-0.05, 0) is 42.4 Å². The zero-order valence-corrected chi connectivity index (χ0v) is 23.6. The van der Waals surface area contributed by atoms with Crippen LogP contribution in [-0.2, 0) is 27.6 Å². The van der Waals surface area contributed by atoms with Crippen molar-refractivity contribution in [2.45, 2.75) is 11.8 Å². The molecule has 4 aromatic rings. The Hall–Kier alpha value is -3.08. The number of carbonyl (C=O) groups excluding carboxylic acids is 1. The minimum atomic E-state index is -3.74. The average Bonchev–Trinajstić information content (AvgIpc) is 3.53. The van der Waals surface area contributed by atoms with Crippen molar-refractivity contribution in [3.05, 3.63) is 64.8 Å². The summed E-state index contributed by atoms with van der Waals surface area (Å²) in [6, 6.07) is 13.1. The lowest BCUT2D eigenvalue weighted by Crippen LogP contribution is -2.47. The van der Waals surface area contributed by atoms with Crippen LogP contribution in [0.4, 0.5) is 0 Å². The van der Waals surface area contributed by atoms with Crippen molar-refractivity contribution in [3.63, 3.8) is 0 Å². The number of likely N-dealkylation sites (N-methyl/N-ethyl adjacent to an activating group) is 1. The van der Waals surface area contributed by atoms with Gasteiger partial charge in [-0.2, -0.15) is 0 Å². The molecule has 0 saturated carbocycles. The molecule has 15 heteroatoms. The minimum absolute atomic E-state index is 0.0219. The third kappa shape index (κ3) is 6.23. The third-order valence-corrected chi connectivity index (χ3v) is 9.27. The van der Waals surface area contributed by atoms with Gasteiger partial charge >= 0.3 is 0 Å². The second-order valence-corrected chi connectivity index (χ2v) is 13.2. The Morgan fingerprint density at radius 1 is 1.13 bits per heavy atom. The van der Waals surface area contributed by atoms with Gasteiger partial charge in [-0.3, -0.25) is 9.35 Å². The highest BCUT2D eigenvalue weighted by molar-refractivity contribution is 7.91. The molecular weight excluding hydrogens is 565 g/mol. The molecule has 2 aromatic carbocycles. The number of piperazine rings is 1. The summed E-state index contributed by atoms with van der Waals surface area (Å²) in [6.07, 6.45) is 1.06. The molecule has 0 spiro atoms. The van der Waals surface area contributed by atoms with Crippen molar-refractivity contribution in [2.75, 3.05) is 39.5 Å². The molecule has 2 atom stereocenters. The summed E-state index contributed by atoms with van der Waals surface area (Å²) in [6.45, 7) is 2.94. The summed E-state index contributed by atoms with van der Waals surface area (Å²) in [4.78, 5) is 21.5. The molecule has 39 heavy (non-hydrogen) atoms. The van der Waals surface area contributed by atoms with Crippen LogP contribution in [0, 0.1) is 0 Å². The molecule has 5 rings (SSSR count). The highest BCUT2D eigenvalue weighted by Crippen LogP contribution is 2.36. The molecule has 2 aromatic heterocycles. The first-order valence-corrected chi connectivity index (χ1v) is 15.8. The van der Waals surface area contributed by atoms with Gasteiger partial charge in [0.1, 0.15) is 5.01 Å². The van der Waals surface area contributed by atoms with Gasteiger partial charge in [0.15, 0.2) is 15.1 Å². The van der Waals surface area contributed by atoms with Gasteiger partial charge in [0.2, 0.25) is 23.0 Å². The molecule has 1 fully saturated rings. The van der Waals surface area contributed by atoms with Crippen molar-refractivity contribution in [1.82, 2.24) is 29.7 Å². The molecule has 3 heterocycles. The smallest absolute Gasteiger partial charge is 0.253 e. The van der Waals surface area contributed by atoms with Crippen molar-refractivity contribution >= 4 is 48.6 Å². The van der Waals surface area contributed by atoms with Crippen LogP contribution in [0.25, 0.3) is 21.3 Å². The Labute approximate surface area is 231 Å². The van der Waals surface area contributed by atoms with Gasteiger partial charge < -0.3 is 14.2 Å². The fraction of sp³-hybridized carbons (Fsp3) is 0.333. The van der Waals surface area contributed by atoms with E-state index >= 15 is 0 Å². The van der Waals surface area contributed by atoms with Crippen molar-refractivity contribution in [3.8, 4) is 11.1 Å². The monoisotopic (exact) mass is 590 g/mol. The van der Waals surface area contributed by atoms with Crippen LogP contribution in [0.2, 0.25) is 0 Å². The Morgan fingerprint density at radius 2 is 1.82 bits per heavy atom. The molecular formula is C24H26N6O6S3. The molecule has 0 aliphatic carbocycles. The number of carbonyl (C=O) groups is 1. The van der Waals surface area contributed by atoms with Crippen LogP contribution in [0.1, 0.15) is 32.4 Å². The van der Waals surface area contributed by atoms with E-state index in [9.17, 15) is 17.4 Å². The van der Waals surface area contributed by atoms with E-state index in [1.165, 1.54) is 11.3 Å². The maximum Gasteiger partial charge on any atom is 0.253 e. The first-order valence-electron chi connectivity index (χ1n) is 11.9. The fourth-order valence-electron chi connectivity index (χ4n) is 4.27. The standard InChI is InChI=1S/C24H26N6O6S3/c1-29-9-11-30(12-10-29)24(31)16-5-3-15(4-6-16)17-7-8-18-19(13-17)37-23(26-18)21(39(2,34)35)22-28-27-20(36-22)14-25-38(32)33/h3-8,13,21,25H,9-12,14H2,1-2H3,(H,32,33). The number of nitrogens with zero attached hydrogens (tertiary/aromatic N) is 5. The van der Waals surface area contributed by atoms with Crippen molar-refractivity contribution in [2.24, 2.45) is 0 Å². The number of fused-ring (bicyclic) bond motifs is 1. The number of hydrogen-bond donors (Lipinski definition) is 2. The van der Waals surface area contributed by atoms with Crippen LogP contribution in [0.3, 0.4) is 0 Å². The first-order chi connectivity index (χ1) is 18.6. The van der Waals surface area contributed by atoms with E-state index in [4.69, 9.17) is 8.97 Å². The molecule has 12 nitrogen and oxygen atoms in total.